The van der Waals surface area contributed by atoms with Crippen molar-refractivity contribution in [3.8, 4) is 0 Å². The van der Waals surface area contributed by atoms with Crippen LogP contribution in [0.3, 0.4) is 0 Å². The Bertz CT molecular complexity index is 421. The van der Waals surface area contributed by atoms with E-state index in [2.05, 4.69) is 0 Å². The molecule has 1 aliphatic heterocycles. The zero-order valence-corrected chi connectivity index (χ0v) is 9.30. The van der Waals surface area contributed by atoms with E-state index in [-0.39, 0.29) is 17.4 Å². The number of Topliss-reactive ketones (excluding diaryl/α,β-unsaturated/α-hetero) is 1. The Hall–Kier alpha value is -1.75. The Morgan fingerprint density at radius 3 is 2.65 bits per heavy atom. The number of ketones is 1. The largest absolute Gasteiger partial charge is 0.381 e. The van der Waals surface area contributed by atoms with E-state index in [1.807, 2.05) is 0 Å². The molecular formula is C12H13NO4. The molecule has 0 aliphatic carbocycles. The van der Waals surface area contributed by atoms with Crippen LogP contribution in [0.25, 0.3) is 0 Å². The molecule has 1 heterocycles. The first-order valence-electron chi connectivity index (χ1n) is 5.50. The highest BCUT2D eigenvalue weighted by Gasteiger charge is 2.23. The van der Waals surface area contributed by atoms with Crippen LogP contribution in [-0.4, -0.2) is 23.9 Å². The maximum atomic E-state index is 11.8. The fraction of sp³-hybridized carbons (Fsp3) is 0.417. The minimum atomic E-state index is -0.448. The smallest absolute Gasteiger partial charge is 0.269 e. The van der Waals surface area contributed by atoms with Crippen molar-refractivity contribution < 1.29 is 14.5 Å². The van der Waals surface area contributed by atoms with Gasteiger partial charge in [0, 0.05) is 31.1 Å². The Morgan fingerprint density at radius 1 is 1.41 bits per heavy atom. The number of nitrogens with zero attached hydrogens (tertiary/aromatic N) is 1. The second kappa shape index (κ2) is 5.05. The van der Waals surface area contributed by atoms with Gasteiger partial charge in [0.15, 0.2) is 0 Å². The average Bonchev–Trinajstić information content (AvgIpc) is 2.83. The molecule has 17 heavy (non-hydrogen) atoms. The Kier molecular flexibility index (Phi) is 3.49. The monoisotopic (exact) mass is 235 g/mol. The first-order valence-corrected chi connectivity index (χ1v) is 5.50. The highest BCUT2D eigenvalue weighted by molar-refractivity contribution is 5.83. The second-order valence-electron chi connectivity index (χ2n) is 4.13. The molecule has 0 aromatic heterocycles. The lowest BCUT2D eigenvalue weighted by Crippen LogP contribution is -2.16. The van der Waals surface area contributed by atoms with Crippen molar-refractivity contribution in [2.75, 3.05) is 13.2 Å². The van der Waals surface area contributed by atoms with Gasteiger partial charge in [-0.15, -0.1) is 0 Å². The van der Waals surface area contributed by atoms with Crippen molar-refractivity contribution in [1.82, 2.24) is 0 Å². The molecule has 1 fully saturated rings. The van der Waals surface area contributed by atoms with Crippen molar-refractivity contribution in [1.29, 1.82) is 0 Å². The lowest BCUT2D eigenvalue weighted by molar-refractivity contribution is -0.384. The zero-order valence-electron chi connectivity index (χ0n) is 9.30. The third kappa shape index (κ3) is 2.88. The maximum absolute atomic E-state index is 11.8. The Labute approximate surface area is 98.5 Å². The van der Waals surface area contributed by atoms with E-state index in [1.165, 1.54) is 12.1 Å². The van der Waals surface area contributed by atoms with Crippen molar-refractivity contribution in [2.24, 2.45) is 5.92 Å². The molecule has 0 N–H and O–H groups in total. The summed E-state index contributed by atoms with van der Waals surface area (Å²) in [7, 11) is 0. The molecule has 1 aromatic rings. The van der Waals surface area contributed by atoms with Crippen LogP contribution in [0.5, 0.6) is 0 Å². The quantitative estimate of drug-likeness (QED) is 0.588. The van der Waals surface area contributed by atoms with Crippen molar-refractivity contribution in [2.45, 2.75) is 12.8 Å². The van der Waals surface area contributed by atoms with E-state index in [9.17, 15) is 14.9 Å². The van der Waals surface area contributed by atoms with E-state index in [1.54, 1.807) is 12.1 Å². The number of non-ortho nitro benzene ring substituents is 1. The van der Waals surface area contributed by atoms with Crippen molar-refractivity contribution in [3.63, 3.8) is 0 Å². The third-order valence-electron chi connectivity index (χ3n) is 2.91. The number of carbonyl (C=O) groups excluding carboxylic acids is 1. The highest BCUT2D eigenvalue weighted by Crippen LogP contribution is 2.17. The van der Waals surface area contributed by atoms with Gasteiger partial charge >= 0.3 is 0 Å². The van der Waals surface area contributed by atoms with Crippen LogP contribution in [-0.2, 0) is 16.0 Å². The number of hydrogen-bond acceptors (Lipinski definition) is 4. The molecule has 1 atom stereocenters. The number of rotatable bonds is 4. The molecule has 0 bridgehead atoms. The number of benzene rings is 1. The van der Waals surface area contributed by atoms with Crippen LogP contribution in [0.1, 0.15) is 12.0 Å². The van der Waals surface area contributed by atoms with Gasteiger partial charge in [-0.2, -0.15) is 0 Å². The van der Waals surface area contributed by atoms with Gasteiger partial charge in [0.05, 0.1) is 11.5 Å². The minimum Gasteiger partial charge on any atom is -0.381 e. The van der Waals surface area contributed by atoms with E-state index < -0.39 is 4.92 Å². The molecule has 1 saturated heterocycles. The van der Waals surface area contributed by atoms with E-state index in [0.29, 0.717) is 19.6 Å². The summed E-state index contributed by atoms with van der Waals surface area (Å²) in [5.41, 5.74) is 0.859. The molecule has 0 spiro atoms. The number of nitro benzene ring substituents is 1. The number of ether oxygens (including phenoxy) is 1. The molecule has 1 aliphatic rings. The second-order valence-corrected chi connectivity index (χ2v) is 4.13. The first kappa shape index (κ1) is 11.7. The molecule has 90 valence electrons. The molecule has 0 amide bonds. The summed E-state index contributed by atoms with van der Waals surface area (Å²) in [4.78, 5) is 21.8. The van der Waals surface area contributed by atoms with Gasteiger partial charge in [0.25, 0.3) is 5.69 Å². The van der Waals surface area contributed by atoms with Crippen LogP contribution >= 0.6 is 0 Å². The SMILES string of the molecule is O=C(Cc1ccc([N+](=O)[O-])cc1)C1CCOC1. The predicted molar refractivity (Wildman–Crippen MR) is 60.7 cm³/mol. The van der Waals surface area contributed by atoms with E-state index in [0.717, 1.165) is 12.0 Å². The van der Waals surface area contributed by atoms with Gasteiger partial charge in [-0.25, -0.2) is 0 Å². The van der Waals surface area contributed by atoms with Gasteiger partial charge < -0.3 is 4.74 Å². The molecule has 1 unspecified atom stereocenters. The molecule has 2 rings (SSSR count). The van der Waals surface area contributed by atoms with Gasteiger partial charge in [-0.1, -0.05) is 12.1 Å². The first-order chi connectivity index (χ1) is 8.16. The van der Waals surface area contributed by atoms with Crippen LogP contribution in [0.4, 0.5) is 5.69 Å². The zero-order chi connectivity index (χ0) is 12.3. The van der Waals surface area contributed by atoms with Gasteiger partial charge in [-0.05, 0) is 12.0 Å². The highest BCUT2D eigenvalue weighted by atomic mass is 16.6. The number of carbonyl (C=O) groups is 1. The van der Waals surface area contributed by atoms with E-state index in [4.69, 9.17) is 4.74 Å². The Balaban J connectivity index is 1.98. The summed E-state index contributed by atoms with van der Waals surface area (Å²) in [6.45, 7) is 1.16. The predicted octanol–water partition coefficient (Wildman–Crippen LogP) is 1.74. The Morgan fingerprint density at radius 2 is 2.12 bits per heavy atom. The molecule has 5 heteroatoms. The maximum Gasteiger partial charge on any atom is 0.269 e. The third-order valence-corrected chi connectivity index (χ3v) is 2.91. The minimum absolute atomic E-state index is 0.00908. The van der Waals surface area contributed by atoms with Crippen LogP contribution < -0.4 is 0 Å². The molecule has 5 nitrogen and oxygen atoms in total. The number of nitro groups is 1. The van der Waals surface area contributed by atoms with E-state index >= 15 is 0 Å². The fourth-order valence-electron chi connectivity index (χ4n) is 1.87. The molecular weight excluding hydrogens is 222 g/mol. The van der Waals surface area contributed by atoms with Gasteiger partial charge in [0.2, 0.25) is 0 Å². The average molecular weight is 235 g/mol. The van der Waals surface area contributed by atoms with Gasteiger partial charge in [-0.3, -0.25) is 14.9 Å². The van der Waals surface area contributed by atoms with Crippen molar-refractivity contribution >= 4 is 11.5 Å². The van der Waals surface area contributed by atoms with Crippen LogP contribution in [0, 0.1) is 16.0 Å². The lowest BCUT2D eigenvalue weighted by Gasteiger charge is -2.06. The summed E-state index contributed by atoms with van der Waals surface area (Å²) in [5, 5.41) is 10.5. The van der Waals surface area contributed by atoms with Crippen molar-refractivity contribution in [3.05, 3.63) is 39.9 Å². The van der Waals surface area contributed by atoms with Crippen LogP contribution in [0.2, 0.25) is 0 Å². The summed E-state index contributed by atoms with van der Waals surface area (Å²) < 4.78 is 5.16. The normalized spacial score (nSPS) is 19.2. The molecule has 0 saturated carbocycles. The standard InChI is InChI=1S/C12H13NO4/c14-12(10-5-6-17-8-10)7-9-1-3-11(4-2-9)13(15)16/h1-4,10H,5-8H2. The summed E-state index contributed by atoms with van der Waals surface area (Å²) in [6, 6.07) is 6.11. The van der Waals surface area contributed by atoms with Crippen LogP contribution in [0.15, 0.2) is 24.3 Å². The summed E-state index contributed by atoms with van der Waals surface area (Å²) in [6.07, 6.45) is 1.11. The topological polar surface area (TPSA) is 69.4 Å². The molecule has 0 radical (unpaired) electrons. The summed E-state index contributed by atoms with van der Waals surface area (Å²) >= 11 is 0. The molecule has 1 aromatic carbocycles. The number of hydrogen-bond donors (Lipinski definition) is 0. The summed E-state index contributed by atoms with van der Waals surface area (Å²) in [5.74, 6) is 0.140. The van der Waals surface area contributed by atoms with Gasteiger partial charge in [0.1, 0.15) is 5.78 Å². The lowest BCUT2D eigenvalue weighted by atomic mass is 9.97. The fourth-order valence-corrected chi connectivity index (χ4v) is 1.87.